The number of hydrogen-bond acceptors (Lipinski definition) is 4. The van der Waals surface area contributed by atoms with Crippen LogP contribution in [0.15, 0.2) is 42.5 Å². The van der Waals surface area contributed by atoms with Crippen LogP contribution in [0, 0.1) is 11.8 Å². The number of anilines is 2. The van der Waals surface area contributed by atoms with Gasteiger partial charge in [0.05, 0.1) is 67.5 Å². The van der Waals surface area contributed by atoms with Crippen LogP contribution in [0.5, 0.6) is 5.75 Å². The van der Waals surface area contributed by atoms with Crippen LogP contribution in [0.1, 0.15) is 73.2 Å². The molecule has 0 saturated heterocycles. The van der Waals surface area contributed by atoms with E-state index in [9.17, 15) is 4.79 Å². The number of carbonyl (C=O) groups is 1. The Morgan fingerprint density at radius 2 is 1.07 bits per heavy atom. The zero-order valence-electron chi connectivity index (χ0n) is 29.0. The molecule has 0 radical (unpaired) electrons. The Balaban J connectivity index is 1.31. The highest BCUT2D eigenvalue weighted by Crippen LogP contribution is 2.46. The molecule has 0 bridgehead atoms. The molecule has 0 aliphatic heterocycles. The highest BCUT2D eigenvalue weighted by molar-refractivity contribution is 8.08. The average Bonchev–Trinajstić information content (AvgIpc) is 2.96. The zero-order valence-corrected chi connectivity index (χ0v) is 29.0. The minimum atomic E-state index is -0.439. The molecule has 4 N–H and O–H groups in total. The summed E-state index contributed by atoms with van der Waals surface area (Å²) in [6.07, 6.45) is 15.6. The van der Waals surface area contributed by atoms with Crippen LogP contribution in [-0.2, 0) is 0 Å². The van der Waals surface area contributed by atoms with Crippen LogP contribution in [0.2, 0.25) is 5.82 Å². The molecule has 2 aromatic rings. The van der Waals surface area contributed by atoms with Crippen molar-refractivity contribution in [3.8, 4) is 5.75 Å². The maximum absolute atomic E-state index is 12.6. The van der Waals surface area contributed by atoms with Crippen molar-refractivity contribution in [2.24, 2.45) is 11.8 Å². The van der Waals surface area contributed by atoms with Gasteiger partial charge in [-0.1, -0.05) is 43.6 Å². The van der Waals surface area contributed by atoms with Crippen molar-refractivity contribution in [1.82, 2.24) is 0 Å². The van der Waals surface area contributed by atoms with E-state index in [1.54, 1.807) is 18.2 Å². The smallest absolute Gasteiger partial charge is 0.343 e. The van der Waals surface area contributed by atoms with Gasteiger partial charge in [0.25, 0.3) is 0 Å². The molecule has 0 heterocycles. The van der Waals surface area contributed by atoms with Gasteiger partial charge in [0.2, 0.25) is 0 Å². The van der Waals surface area contributed by atoms with E-state index >= 15 is 0 Å². The first-order valence-electron chi connectivity index (χ1n) is 17.8. The molecule has 0 atom stereocenters. The lowest BCUT2D eigenvalue weighted by Crippen LogP contribution is -2.75. The summed E-state index contributed by atoms with van der Waals surface area (Å²) >= 11 is 0. The Bertz CT molecular complexity index is 1170. The second-order valence-electron chi connectivity index (χ2n) is 15.8. The summed E-state index contributed by atoms with van der Waals surface area (Å²) in [5.41, 5.74) is 14.3. The quantitative estimate of drug-likeness (QED) is 0.125. The maximum Gasteiger partial charge on any atom is 0.343 e. The molecular formula is C25H47B15N2O2. The maximum atomic E-state index is 12.6. The summed E-state index contributed by atoms with van der Waals surface area (Å²) in [6, 6.07) is 13.0. The minimum absolute atomic E-state index is 0.369. The molecule has 19 heteroatoms. The van der Waals surface area contributed by atoms with Crippen LogP contribution in [0.25, 0.3) is 0 Å². The van der Waals surface area contributed by atoms with E-state index in [2.05, 4.69) is 74.0 Å². The predicted octanol–water partition coefficient (Wildman–Crippen LogP) is -4.12. The molecule has 2 aliphatic rings. The first-order valence-corrected chi connectivity index (χ1v) is 17.8. The van der Waals surface area contributed by atoms with Gasteiger partial charge in [0, 0.05) is 56.2 Å². The molecule has 2 saturated carbocycles. The largest absolute Gasteiger partial charge is 0.423 e. The van der Waals surface area contributed by atoms with Gasteiger partial charge in [-0.05, 0) is 79.3 Å². The van der Waals surface area contributed by atoms with Crippen molar-refractivity contribution in [2.75, 3.05) is 11.5 Å². The van der Waals surface area contributed by atoms with E-state index in [-0.39, 0.29) is 0 Å². The van der Waals surface area contributed by atoms with E-state index < -0.39 is 5.97 Å². The molecule has 0 amide bonds. The summed E-state index contributed by atoms with van der Waals surface area (Å²) in [6.45, 7) is 0.845. The Morgan fingerprint density at radius 3 is 1.50 bits per heavy atom. The second-order valence-corrected chi connectivity index (χ2v) is 15.8. The van der Waals surface area contributed by atoms with Crippen molar-refractivity contribution in [3.05, 3.63) is 53.6 Å². The predicted molar refractivity (Wildman–Crippen MR) is 226 cm³/mol. The molecule has 2 fully saturated rings. The fraction of sp³-hybridized carbons (Fsp3) is 0.480. The van der Waals surface area contributed by atoms with Crippen molar-refractivity contribution >= 4 is 124 Å². The molecule has 2 aromatic carbocycles. The van der Waals surface area contributed by atoms with Crippen LogP contribution in [0.3, 0.4) is 0 Å². The van der Waals surface area contributed by atoms with E-state index in [1.807, 2.05) is 12.1 Å². The van der Waals surface area contributed by atoms with Gasteiger partial charge < -0.3 is 16.2 Å². The summed E-state index contributed by atoms with van der Waals surface area (Å²) < 4.78 is 5.61. The number of nitrogens with two attached hydrogens (primary N) is 2. The van der Waals surface area contributed by atoms with Gasteiger partial charge in [-0.3, -0.25) is 0 Å². The fourth-order valence-corrected chi connectivity index (χ4v) is 9.90. The van der Waals surface area contributed by atoms with Gasteiger partial charge in [0.1, 0.15) is 5.75 Å². The highest BCUT2D eigenvalue weighted by Gasteiger charge is 2.47. The Labute approximate surface area is 278 Å². The monoisotopic (exact) mass is 573 g/mol. The van der Waals surface area contributed by atoms with Crippen molar-refractivity contribution in [1.29, 1.82) is 0 Å². The van der Waals surface area contributed by atoms with Crippen molar-refractivity contribution in [2.45, 2.75) is 63.1 Å². The summed E-state index contributed by atoms with van der Waals surface area (Å²) in [5, 5.41) is 0. The standard InChI is InChI=1S/C25H47B15N2O2/c26-35(27)39(36(28)29)34(40(37(30)31)38(32)33)21-9-5-18(6-10-21)16-1-3-17(4-2-16)19-7-11-24(12-8-19)44-25(43)20-13-22(41)15-23(42)14-20/h7-8,11-18,21H,1-6,9-10,26-33,41-42H2. The van der Waals surface area contributed by atoms with Gasteiger partial charge in [-0.2, -0.15) is 0 Å². The topological polar surface area (TPSA) is 78.3 Å². The molecule has 0 aromatic heterocycles. The Morgan fingerprint density at radius 1 is 0.636 bits per heavy atom. The molecular weight excluding hydrogens is 522 g/mol. The number of carbonyl (C=O) groups excluding carboxylic acids is 1. The van der Waals surface area contributed by atoms with Crippen LogP contribution >= 0.6 is 0 Å². The highest BCUT2D eigenvalue weighted by atomic mass is 16.5. The Hall–Kier alpha value is -1.52. The fourth-order valence-electron chi connectivity index (χ4n) is 9.90. The number of ether oxygens (including phenoxy) is 1. The Kier molecular flexibility index (Phi) is 12.7. The van der Waals surface area contributed by atoms with Crippen molar-refractivity contribution < 1.29 is 9.53 Å². The molecule has 0 unspecified atom stereocenters. The van der Waals surface area contributed by atoms with Crippen LogP contribution in [0.4, 0.5) is 11.4 Å². The van der Waals surface area contributed by atoms with Crippen LogP contribution in [-0.4, -0.2) is 113 Å². The number of benzene rings is 2. The lowest BCUT2D eigenvalue weighted by atomic mass is 8.47. The summed E-state index contributed by atoms with van der Waals surface area (Å²) in [7, 11) is 19.9. The normalized spacial score (nSPS) is 21.5. The molecule has 4 rings (SSSR count). The van der Waals surface area contributed by atoms with Gasteiger partial charge in [-0.25, -0.2) is 4.79 Å². The third-order valence-corrected chi connectivity index (χ3v) is 11.5. The van der Waals surface area contributed by atoms with E-state index in [4.69, 9.17) is 16.2 Å². The number of rotatable bonds is 11. The second kappa shape index (κ2) is 15.9. The van der Waals surface area contributed by atoms with Gasteiger partial charge in [-0.15, -0.1) is 0 Å². The van der Waals surface area contributed by atoms with Gasteiger partial charge >= 0.3 is 5.97 Å². The first kappa shape index (κ1) is 35.3. The first-order chi connectivity index (χ1) is 20.8. The van der Waals surface area contributed by atoms with Crippen LogP contribution < -0.4 is 16.2 Å². The average molecular weight is 570 g/mol. The SMILES string of the molecule is BB(B)B(B(B)B)B(B(B(B)B)B(B)B)C1CCC(C2CCC(c3ccc(OC(=O)c4cc(N)cc(N)c4)cc3)CC2)CC1. The summed E-state index contributed by atoms with van der Waals surface area (Å²) in [5.74, 6) is 3.39. The lowest BCUT2D eigenvalue weighted by molar-refractivity contribution is 0.0735. The van der Waals surface area contributed by atoms with E-state index in [1.165, 1.54) is 56.9 Å². The molecule has 44 heavy (non-hydrogen) atoms. The number of hydrogen-bond donors (Lipinski definition) is 2. The number of nitrogen functional groups attached to an aromatic ring is 2. The minimum Gasteiger partial charge on any atom is -0.423 e. The van der Waals surface area contributed by atoms with Crippen molar-refractivity contribution in [3.63, 3.8) is 0 Å². The zero-order chi connectivity index (χ0) is 32.1. The lowest BCUT2D eigenvalue weighted by Gasteiger charge is -2.45. The molecule has 4 nitrogen and oxygen atoms in total. The summed E-state index contributed by atoms with van der Waals surface area (Å²) in [4.78, 5) is 12.6. The molecule has 2 aliphatic carbocycles. The van der Waals surface area contributed by atoms with E-state index in [0.29, 0.717) is 28.6 Å². The van der Waals surface area contributed by atoms with Gasteiger partial charge in [0.15, 0.2) is 0 Å². The molecule has 0 spiro atoms. The third-order valence-electron chi connectivity index (χ3n) is 11.5. The third kappa shape index (κ3) is 8.84. The number of esters is 1. The van der Waals surface area contributed by atoms with E-state index in [0.717, 1.165) is 62.5 Å². The molecule has 214 valence electrons.